The first-order valence-electron chi connectivity index (χ1n) is 10.6. The zero-order chi connectivity index (χ0) is 24.9. The minimum atomic E-state index is -4.46. The predicted molar refractivity (Wildman–Crippen MR) is 120 cm³/mol. The summed E-state index contributed by atoms with van der Waals surface area (Å²) in [6.45, 7) is 3.45. The Balaban J connectivity index is 1.59. The Morgan fingerprint density at radius 3 is 2.49 bits per heavy atom. The molecule has 1 N–H and O–H groups in total. The molecular weight excluding hydrogens is 466 g/mol. The van der Waals surface area contributed by atoms with Crippen LogP contribution in [0.2, 0.25) is 0 Å². The van der Waals surface area contributed by atoms with Crippen molar-refractivity contribution in [3.8, 4) is 11.3 Å². The van der Waals surface area contributed by atoms with Crippen molar-refractivity contribution >= 4 is 28.3 Å². The van der Waals surface area contributed by atoms with Crippen molar-refractivity contribution in [1.29, 1.82) is 0 Å². The first-order valence-corrected chi connectivity index (χ1v) is 10.6. The van der Waals surface area contributed by atoms with Crippen LogP contribution in [0, 0.1) is 0 Å². The van der Waals surface area contributed by atoms with E-state index in [1.165, 1.54) is 17.0 Å². The topological polar surface area (TPSA) is 80.9 Å². The van der Waals surface area contributed by atoms with Gasteiger partial charge in [0.25, 0.3) is 5.91 Å². The van der Waals surface area contributed by atoms with Crippen LogP contribution in [0.1, 0.15) is 11.6 Å². The predicted octanol–water partition coefficient (Wildman–Crippen LogP) is 4.46. The molecule has 3 aromatic heterocycles. The number of likely N-dealkylation sites (tertiary alicyclic amines) is 1. The van der Waals surface area contributed by atoms with Gasteiger partial charge in [0.1, 0.15) is 16.7 Å². The number of nitrogens with one attached hydrogen (secondary N) is 1. The Morgan fingerprint density at radius 1 is 1.17 bits per heavy atom. The number of fused-ring (bicyclic) bond motifs is 1. The number of carbonyl (C=O) groups excluding carboxylic acids is 1. The Bertz CT molecular complexity index is 1430. The molecule has 4 aromatic rings. The molecule has 0 radical (unpaired) electrons. The van der Waals surface area contributed by atoms with Gasteiger partial charge < -0.3 is 10.2 Å². The molecule has 0 saturated carbocycles. The summed E-state index contributed by atoms with van der Waals surface area (Å²) in [4.78, 5) is 17.7. The summed E-state index contributed by atoms with van der Waals surface area (Å²) in [7, 11) is 1.78. The van der Waals surface area contributed by atoms with E-state index in [0.29, 0.717) is 33.7 Å². The molecule has 12 heteroatoms. The normalized spacial score (nSPS) is 14.3. The molecule has 1 saturated heterocycles. The third-order valence-corrected chi connectivity index (χ3v) is 5.78. The lowest BCUT2D eigenvalue weighted by atomic mass is 10.1. The van der Waals surface area contributed by atoms with Gasteiger partial charge in [-0.3, -0.25) is 19.1 Å². The summed E-state index contributed by atoms with van der Waals surface area (Å²) in [5.41, 5.74) is 2.51. The maximum Gasteiger partial charge on any atom is 0.416 e. The molecule has 0 aliphatic carbocycles. The first kappa shape index (κ1) is 22.6. The number of amides is 1. The molecule has 180 valence electrons. The van der Waals surface area contributed by atoms with Crippen LogP contribution in [0.25, 0.3) is 22.3 Å². The number of alkyl halides is 3. The van der Waals surface area contributed by atoms with Crippen LogP contribution in [0.3, 0.4) is 0 Å². The lowest BCUT2D eigenvalue weighted by molar-refractivity contribution is -0.137. The van der Waals surface area contributed by atoms with Gasteiger partial charge in [0, 0.05) is 38.1 Å². The van der Waals surface area contributed by atoms with Gasteiger partial charge in [0.15, 0.2) is 5.83 Å². The minimum Gasteiger partial charge on any atom is -0.351 e. The lowest BCUT2D eigenvalue weighted by Gasteiger charge is -2.39. The molecule has 0 bridgehead atoms. The highest BCUT2D eigenvalue weighted by Crippen LogP contribution is 2.37. The van der Waals surface area contributed by atoms with E-state index >= 15 is 0 Å². The molecule has 0 atom stereocenters. The van der Waals surface area contributed by atoms with E-state index in [0.717, 1.165) is 12.1 Å². The fourth-order valence-corrected chi connectivity index (χ4v) is 4.03. The number of aryl methyl sites for hydroxylation is 1. The molecule has 1 aliphatic rings. The Labute approximate surface area is 196 Å². The van der Waals surface area contributed by atoms with E-state index in [9.17, 15) is 22.4 Å². The molecule has 1 aromatic carbocycles. The second-order valence-electron chi connectivity index (χ2n) is 8.22. The van der Waals surface area contributed by atoms with E-state index in [-0.39, 0.29) is 19.1 Å². The summed E-state index contributed by atoms with van der Waals surface area (Å²) >= 11 is 0. The fraction of sp³-hybridized carbons (Fsp3) is 0.217. The van der Waals surface area contributed by atoms with Crippen LogP contribution < -0.4 is 5.32 Å². The van der Waals surface area contributed by atoms with Gasteiger partial charge >= 0.3 is 6.18 Å². The lowest BCUT2D eigenvalue weighted by Crippen LogP contribution is -2.51. The van der Waals surface area contributed by atoms with Crippen LogP contribution in [0.5, 0.6) is 0 Å². The van der Waals surface area contributed by atoms with E-state index < -0.39 is 23.5 Å². The van der Waals surface area contributed by atoms with Crippen LogP contribution >= 0.6 is 0 Å². The Morgan fingerprint density at radius 2 is 1.89 bits per heavy atom. The van der Waals surface area contributed by atoms with Crippen molar-refractivity contribution in [2.75, 3.05) is 18.4 Å². The highest BCUT2D eigenvalue weighted by molar-refractivity contribution is 5.98. The summed E-state index contributed by atoms with van der Waals surface area (Å²) in [6.07, 6.45) is 0.534. The van der Waals surface area contributed by atoms with Gasteiger partial charge in [-0.05, 0) is 18.2 Å². The second-order valence-corrected chi connectivity index (χ2v) is 8.22. The molecular formula is C23H19F4N7O. The Hall–Kier alpha value is -4.22. The molecule has 35 heavy (non-hydrogen) atoms. The molecule has 5 rings (SSSR count). The second kappa shape index (κ2) is 8.22. The quantitative estimate of drug-likeness (QED) is 0.334. The fourth-order valence-electron chi connectivity index (χ4n) is 4.03. The average Bonchev–Trinajstić information content (AvgIpc) is 3.36. The largest absolute Gasteiger partial charge is 0.416 e. The number of hydrogen-bond donors (Lipinski definition) is 1. The molecule has 0 unspecified atom stereocenters. The number of halogens is 4. The summed E-state index contributed by atoms with van der Waals surface area (Å²) in [6, 6.07) is 6.14. The summed E-state index contributed by atoms with van der Waals surface area (Å²) in [5.74, 6) is -1.83. The number of nitrogens with zero attached hydrogens (tertiary/aromatic N) is 6. The smallest absolute Gasteiger partial charge is 0.351 e. The third-order valence-electron chi connectivity index (χ3n) is 5.78. The first-order chi connectivity index (χ1) is 16.6. The highest BCUT2D eigenvalue weighted by atomic mass is 19.4. The Kier molecular flexibility index (Phi) is 5.30. The zero-order valence-corrected chi connectivity index (χ0v) is 18.4. The number of hydrogen-bond acceptors (Lipinski definition) is 5. The molecule has 1 fully saturated rings. The molecule has 8 nitrogen and oxygen atoms in total. The standard InChI is InChI=1S/C23H19F4N7O/c1-13(24)22(35)33-11-17(12-33)34-21-18(30-16-9-29-32(2)10-16)7-8-28-20(21)19(31-34)14-3-5-15(6-4-14)23(25,26)27/h3-10,17H,1,11-12H2,2H3,(H,28,30). The SMILES string of the molecule is C=C(F)C(=O)N1CC(n2nc(-c3ccc(C(F)(F)F)cc3)c3nccc(Nc4cnn(C)c4)c32)C1. The van der Waals surface area contributed by atoms with Crippen LogP contribution in [-0.2, 0) is 18.0 Å². The maximum absolute atomic E-state index is 13.3. The van der Waals surface area contributed by atoms with E-state index in [1.54, 1.807) is 41.1 Å². The molecule has 1 aliphatic heterocycles. The molecule has 4 heterocycles. The van der Waals surface area contributed by atoms with Crippen molar-refractivity contribution < 1.29 is 22.4 Å². The number of anilines is 2. The van der Waals surface area contributed by atoms with Crippen molar-refractivity contribution in [3.05, 3.63) is 66.9 Å². The maximum atomic E-state index is 13.3. The molecule has 0 spiro atoms. The van der Waals surface area contributed by atoms with Crippen molar-refractivity contribution in [2.45, 2.75) is 12.2 Å². The number of pyridine rings is 1. The highest BCUT2D eigenvalue weighted by Gasteiger charge is 2.36. The van der Waals surface area contributed by atoms with Gasteiger partial charge in [-0.15, -0.1) is 0 Å². The number of aromatic nitrogens is 5. The van der Waals surface area contributed by atoms with Crippen molar-refractivity contribution in [2.24, 2.45) is 7.05 Å². The van der Waals surface area contributed by atoms with Crippen LogP contribution in [0.15, 0.2) is 61.3 Å². The minimum absolute atomic E-state index is 0.201. The van der Waals surface area contributed by atoms with Gasteiger partial charge in [-0.1, -0.05) is 18.7 Å². The van der Waals surface area contributed by atoms with Crippen LogP contribution in [0.4, 0.5) is 28.9 Å². The van der Waals surface area contributed by atoms with Crippen molar-refractivity contribution in [1.82, 2.24) is 29.4 Å². The van der Waals surface area contributed by atoms with E-state index in [2.05, 4.69) is 27.1 Å². The van der Waals surface area contributed by atoms with E-state index in [4.69, 9.17) is 0 Å². The average molecular weight is 485 g/mol. The number of carbonyl (C=O) groups is 1. The number of rotatable bonds is 5. The van der Waals surface area contributed by atoms with Gasteiger partial charge in [-0.2, -0.15) is 23.4 Å². The third kappa shape index (κ3) is 4.11. The zero-order valence-electron chi connectivity index (χ0n) is 18.4. The van der Waals surface area contributed by atoms with Gasteiger partial charge in [-0.25, -0.2) is 4.39 Å². The summed E-state index contributed by atoms with van der Waals surface area (Å²) < 4.78 is 55.7. The summed E-state index contributed by atoms with van der Waals surface area (Å²) in [5, 5.41) is 12.1. The van der Waals surface area contributed by atoms with E-state index in [1.807, 2.05) is 0 Å². The molecule has 1 amide bonds. The van der Waals surface area contributed by atoms with Gasteiger partial charge in [0.05, 0.1) is 29.2 Å². The number of benzene rings is 1. The van der Waals surface area contributed by atoms with Crippen molar-refractivity contribution in [3.63, 3.8) is 0 Å². The van der Waals surface area contributed by atoms with Gasteiger partial charge in [0.2, 0.25) is 0 Å². The van der Waals surface area contributed by atoms with Crippen LogP contribution in [-0.4, -0.2) is 48.4 Å². The monoisotopic (exact) mass is 485 g/mol.